The van der Waals surface area contributed by atoms with Crippen molar-refractivity contribution in [2.75, 3.05) is 33.0 Å². The third-order valence-corrected chi connectivity index (χ3v) is 23.1. The lowest BCUT2D eigenvalue weighted by molar-refractivity contribution is -0.391. The molecule has 0 aliphatic carbocycles. The average Bonchev–Trinajstić information content (AvgIpc) is 0.751. The number of hydrogen-bond acceptors (Lipinski definition) is 23. The van der Waals surface area contributed by atoms with Crippen molar-refractivity contribution in [2.45, 2.75) is 208 Å². The second-order valence-corrected chi connectivity index (χ2v) is 31.7. The molecule has 0 N–H and O–H groups in total. The minimum absolute atomic E-state index is 0.00295. The Hall–Kier alpha value is -11.3. The van der Waals surface area contributed by atoms with Gasteiger partial charge in [-0.3, -0.25) is 4.79 Å². The summed E-state index contributed by atoms with van der Waals surface area (Å²) in [6, 6.07) is 80.6. The van der Waals surface area contributed by atoms with E-state index in [9.17, 15) is 26.2 Å². The number of hydrogen-bond donors (Lipinski definition) is 0. The molecular weight excluding hydrogens is 1610 g/mol. The molecule has 654 valence electrons. The van der Waals surface area contributed by atoms with Crippen LogP contribution < -0.4 is 0 Å². The van der Waals surface area contributed by atoms with Crippen molar-refractivity contribution in [2.24, 2.45) is 15.3 Å². The molecule has 6 aliphatic heterocycles. The number of esters is 1. The molecule has 22 atom stereocenters. The van der Waals surface area contributed by atoms with Gasteiger partial charge in [0, 0.05) is 52.5 Å². The number of carbonyl (C=O) groups is 2. The highest BCUT2D eigenvalue weighted by Crippen LogP contribution is 2.45. The van der Waals surface area contributed by atoms with E-state index in [1.807, 2.05) is 255 Å². The number of amides is 1. The molecule has 10 aromatic rings. The van der Waals surface area contributed by atoms with Crippen molar-refractivity contribution in [3.05, 3.63) is 343 Å². The van der Waals surface area contributed by atoms with Crippen LogP contribution in [-0.2, 0) is 130 Å². The average molecular weight is 1710 g/mol. The molecular formula is C96H100N10O20. The fourth-order valence-electron chi connectivity index (χ4n) is 16.9. The van der Waals surface area contributed by atoms with E-state index >= 15 is 0 Å². The summed E-state index contributed by atoms with van der Waals surface area (Å²) in [6.07, 6.45) is -22.3. The van der Waals surface area contributed by atoms with Crippen molar-refractivity contribution < 1.29 is 94.9 Å². The summed E-state index contributed by atoms with van der Waals surface area (Å²) < 4.78 is 124. The van der Waals surface area contributed by atoms with Gasteiger partial charge in [0.2, 0.25) is 0 Å². The van der Waals surface area contributed by atoms with Crippen molar-refractivity contribution in [3.63, 3.8) is 0 Å². The molecule has 0 aromatic heterocycles. The lowest BCUT2D eigenvalue weighted by Crippen LogP contribution is -2.68. The summed E-state index contributed by atoms with van der Waals surface area (Å²) in [6.45, 7) is 3.67. The first-order valence-electron chi connectivity index (χ1n) is 42.6. The zero-order chi connectivity index (χ0) is 86.3. The molecule has 1 amide bonds. The standard InChI is InChI=1S/C96H100N10O20/c1-61-81(118-62(2)107)86(125-93-78(100-103-97)85(111-54-65-32-14-5-15-33-65)82-76(119-93)59-114-90(122-82)71-38-18-7-19-39-71)79(101-104-98)92(117-61)126-87-80(102-105-99)94(120-77-60-115-91(123-83(77)87)72-40-20-8-21-41-72)124-84-75(58-109-53-64-30-12-4-13-31-64)121-95(110-49-27-9-26-48-106(52-63-28-10-3-11-29-63)96(108)116-55-66-34-16-6-17-35-66)89(113-57-68-45-47-70-37-23-25-43-74(70)51-68)88(84)112-56-67-44-46-69-36-22-24-42-73(69)50-67/h3-8,10-25,28-47,50-51,61,75-95H,9,26-27,48-49,52-60H2,1-2H3/t61-,75+,76+,77+,78-,79-,80+,81+,82+,83-,84-,85+,86-,87+,88-,89+,90+,91-,92-,93-,94+,95-/m0/s1. The molecule has 0 radical (unpaired) electrons. The molecule has 6 heterocycles. The normalized spacial score (nSPS) is 28.1. The first-order valence-corrected chi connectivity index (χ1v) is 42.6. The number of carbonyl (C=O) groups excluding carboxylic acids is 2. The van der Waals surface area contributed by atoms with Crippen LogP contribution in [0, 0.1) is 0 Å². The SMILES string of the molecule is CC(=O)O[C@H]1[C@@H](O[C@@H]2O[C@@H]3CO[C@@H](c4ccccc4)O[C@H]3[C@H](OCc3ccccc3)[C@@H]2N=[N+]=[N-])[C@H](N=[N+]=[N-])[C@H](O[C@@H]2[C@@H](N=[N+]=[N-])[C@@H](O[C@@H]3[C@H](OCc4ccc5ccccc5c4)[C@@H](OCc4ccc5ccccc5c4)[C@@H](OCCCCCN(Cc4ccccc4)C(=O)OCc4ccccc4)O[C@@H]3COCc3ccccc3)O[C@@H]3CO[C@H](c4ccccc4)O[C@H]23)O[C@H]1C. The second kappa shape index (κ2) is 43.8. The van der Waals surface area contributed by atoms with Gasteiger partial charge in [-0.15, -0.1) is 0 Å². The van der Waals surface area contributed by atoms with E-state index in [1.165, 1.54) is 6.92 Å². The van der Waals surface area contributed by atoms with Gasteiger partial charge in [-0.25, -0.2) is 4.79 Å². The third kappa shape index (κ3) is 22.4. The van der Waals surface area contributed by atoms with Gasteiger partial charge in [-0.2, -0.15) is 0 Å². The summed E-state index contributed by atoms with van der Waals surface area (Å²) in [5, 5.41) is 17.2. The Labute approximate surface area is 728 Å². The Balaban J connectivity index is 0.742. The minimum Gasteiger partial charge on any atom is -0.457 e. The van der Waals surface area contributed by atoms with Crippen LogP contribution in [0.2, 0.25) is 0 Å². The van der Waals surface area contributed by atoms with Gasteiger partial charge >= 0.3 is 12.1 Å². The van der Waals surface area contributed by atoms with Gasteiger partial charge in [0.1, 0.15) is 91.9 Å². The fraction of sp³-hybridized carbons (Fsp3) is 0.396. The van der Waals surface area contributed by atoms with E-state index in [0.717, 1.165) is 54.9 Å². The summed E-state index contributed by atoms with van der Waals surface area (Å²) in [5.41, 5.74) is 39.0. The Kier molecular flexibility index (Phi) is 30.6. The molecule has 6 saturated heterocycles. The Morgan fingerprint density at radius 2 is 0.849 bits per heavy atom. The monoisotopic (exact) mass is 1710 g/mol. The zero-order valence-corrected chi connectivity index (χ0v) is 69.6. The molecule has 6 aliphatic rings. The van der Waals surface area contributed by atoms with Crippen LogP contribution >= 0.6 is 0 Å². The number of ether oxygens (including phenoxy) is 18. The van der Waals surface area contributed by atoms with Crippen molar-refractivity contribution in [1.29, 1.82) is 0 Å². The van der Waals surface area contributed by atoms with E-state index in [1.54, 1.807) is 11.8 Å². The number of nitrogens with zero attached hydrogens (tertiary/aromatic N) is 10. The highest BCUT2D eigenvalue weighted by molar-refractivity contribution is 5.83. The van der Waals surface area contributed by atoms with Gasteiger partial charge in [-0.05, 0) is 110 Å². The number of fused-ring (bicyclic) bond motifs is 4. The molecule has 30 heteroatoms. The lowest BCUT2D eigenvalue weighted by atomic mass is 9.93. The summed E-state index contributed by atoms with van der Waals surface area (Å²) in [7, 11) is 0. The highest BCUT2D eigenvalue weighted by Gasteiger charge is 2.60. The lowest BCUT2D eigenvalue weighted by Gasteiger charge is -2.53. The molecule has 16 rings (SSSR count). The van der Waals surface area contributed by atoms with Crippen LogP contribution in [0.5, 0.6) is 0 Å². The minimum atomic E-state index is -1.71. The van der Waals surface area contributed by atoms with E-state index in [0.29, 0.717) is 43.5 Å². The van der Waals surface area contributed by atoms with E-state index in [2.05, 4.69) is 42.2 Å². The zero-order valence-electron chi connectivity index (χ0n) is 69.6. The molecule has 30 nitrogen and oxygen atoms in total. The maximum absolute atomic E-state index is 14.0. The molecule has 0 spiro atoms. The van der Waals surface area contributed by atoms with Gasteiger partial charge in [0.15, 0.2) is 43.8 Å². The van der Waals surface area contributed by atoms with Crippen LogP contribution in [0.1, 0.15) is 90.2 Å². The first-order chi connectivity index (χ1) is 62.0. The predicted molar refractivity (Wildman–Crippen MR) is 459 cm³/mol. The van der Waals surface area contributed by atoms with Gasteiger partial charge in [-0.1, -0.05) is 270 Å². The third-order valence-electron chi connectivity index (χ3n) is 23.1. The highest BCUT2D eigenvalue weighted by atomic mass is 16.8. The van der Waals surface area contributed by atoms with Gasteiger partial charge in [0.05, 0.1) is 52.4 Å². The topological polar surface area (TPSA) is 350 Å². The second-order valence-electron chi connectivity index (χ2n) is 31.7. The Morgan fingerprint density at radius 1 is 0.405 bits per heavy atom. The van der Waals surface area contributed by atoms with E-state index in [4.69, 9.17) is 85.3 Å². The van der Waals surface area contributed by atoms with Crippen LogP contribution in [0.4, 0.5) is 4.79 Å². The Bertz CT molecular complexity index is 5310. The van der Waals surface area contributed by atoms with Crippen molar-refractivity contribution in [3.8, 4) is 0 Å². The largest absolute Gasteiger partial charge is 0.457 e. The maximum Gasteiger partial charge on any atom is 0.410 e. The van der Waals surface area contributed by atoms with Gasteiger partial charge in [0.25, 0.3) is 0 Å². The first kappa shape index (κ1) is 88.2. The van der Waals surface area contributed by atoms with Crippen LogP contribution in [-0.4, -0.2) is 173 Å². The summed E-state index contributed by atoms with van der Waals surface area (Å²) in [5.74, 6) is -0.758. The summed E-state index contributed by atoms with van der Waals surface area (Å²) in [4.78, 5) is 39.3. The Morgan fingerprint density at radius 3 is 1.40 bits per heavy atom. The van der Waals surface area contributed by atoms with Gasteiger partial charge < -0.3 is 90.2 Å². The molecule has 0 bridgehead atoms. The van der Waals surface area contributed by atoms with Crippen molar-refractivity contribution >= 4 is 33.6 Å². The molecule has 126 heavy (non-hydrogen) atoms. The van der Waals surface area contributed by atoms with E-state index in [-0.39, 0.29) is 59.5 Å². The fourth-order valence-corrected chi connectivity index (χ4v) is 16.9. The summed E-state index contributed by atoms with van der Waals surface area (Å²) >= 11 is 0. The smallest absolute Gasteiger partial charge is 0.410 e. The molecule has 10 aromatic carbocycles. The number of azide groups is 3. The quantitative estimate of drug-likeness (QED) is 0.0116. The van der Waals surface area contributed by atoms with E-state index < -0.39 is 147 Å². The molecule has 0 unspecified atom stereocenters. The van der Waals surface area contributed by atoms with Crippen molar-refractivity contribution in [1.82, 2.24) is 4.90 Å². The van der Waals surface area contributed by atoms with Crippen LogP contribution in [0.25, 0.3) is 52.9 Å². The number of rotatable bonds is 36. The predicted octanol–water partition coefficient (Wildman–Crippen LogP) is 17.6. The van der Waals surface area contributed by atoms with Crippen LogP contribution in [0.3, 0.4) is 0 Å². The van der Waals surface area contributed by atoms with Crippen LogP contribution in [0.15, 0.2) is 282 Å². The number of unbranched alkanes of at least 4 members (excludes halogenated alkanes) is 2. The molecule has 0 saturated carbocycles. The molecule has 6 fully saturated rings. The maximum atomic E-state index is 14.0. The number of benzene rings is 10.